The number of esters is 1. The topological polar surface area (TPSA) is 66.8 Å². The molecule has 2 aromatic rings. The monoisotopic (exact) mass is 412 g/mol. The first kappa shape index (κ1) is 23.8. The van der Waals surface area contributed by atoms with Gasteiger partial charge >= 0.3 is 5.97 Å². The van der Waals surface area contributed by atoms with E-state index in [9.17, 15) is 15.0 Å². The molecule has 0 saturated carbocycles. The van der Waals surface area contributed by atoms with Gasteiger partial charge in [0, 0.05) is 0 Å². The molecule has 0 aliphatic carbocycles. The lowest BCUT2D eigenvalue weighted by Crippen LogP contribution is -2.20. The molecule has 0 saturated heterocycles. The van der Waals surface area contributed by atoms with Crippen molar-refractivity contribution in [3.8, 4) is 11.5 Å². The number of rotatable bonds is 6. The van der Waals surface area contributed by atoms with Crippen molar-refractivity contribution in [1.29, 1.82) is 0 Å². The molecule has 0 bridgehead atoms. The van der Waals surface area contributed by atoms with Crippen molar-refractivity contribution in [2.45, 2.75) is 78.1 Å². The number of hydrogen-bond acceptors (Lipinski definition) is 4. The molecule has 0 radical (unpaired) electrons. The standard InChI is InChI=1S/C26H36O4/c1-8-9-14-30-24(29)23(17-10-12-21(27)19(15-17)25(2,3)4)18-11-13-22(28)20(16-18)26(5,6)7/h10-13,15-16,23,27-28H,8-9,14H2,1-7H3. The van der Waals surface area contributed by atoms with Gasteiger partial charge in [0.2, 0.25) is 0 Å². The summed E-state index contributed by atoms with van der Waals surface area (Å²) in [7, 11) is 0. The number of carbonyl (C=O) groups excluding carboxylic acids is 1. The Balaban J connectivity index is 2.62. The molecule has 0 unspecified atom stereocenters. The highest BCUT2D eigenvalue weighted by Gasteiger charge is 2.29. The second-order valence-electron chi connectivity index (χ2n) is 10.0. The van der Waals surface area contributed by atoms with Crippen LogP contribution in [0.3, 0.4) is 0 Å². The van der Waals surface area contributed by atoms with E-state index in [4.69, 9.17) is 4.74 Å². The highest BCUT2D eigenvalue weighted by atomic mass is 16.5. The van der Waals surface area contributed by atoms with Gasteiger partial charge in [-0.2, -0.15) is 0 Å². The fourth-order valence-corrected chi connectivity index (χ4v) is 3.53. The fraction of sp³-hybridized carbons (Fsp3) is 0.500. The minimum atomic E-state index is -0.634. The van der Waals surface area contributed by atoms with Gasteiger partial charge in [0.1, 0.15) is 17.4 Å². The fourth-order valence-electron chi connectivity index (χ4n) is 3.53. The first-order valence-corrected chi connectivity index (χ1v) is 10.7. The molecule has 2 aromatic carbocycles. The van der Waals surface area contributed by atoms with E-state index >= 15 is 0 Å². The Morgan fingerprint density at radius 2 is 1.30 bits per heavy atom. The summed E-state index contributed by atoms with van der Waals surface area (Å²) >= 11 is 0. The van der Waals surface area contributed by atoms with Crippen molar-refractivity contribution < 1.29 is 19.7 Å². The summed E-state index contributed by atoms with van der Waals surface area (Å²) in [6.07, 6.45) is 1.75. The van der Waals surface area contributed by atoms with Gasteiger partial charge in [-0.15, -0.1) is 0 Å². The van der Waals surface area contributed by atoms with Crippen molar-refractivity contribution in [1.82, 2.24) is 0 Å². The summed E-state index contributed by atoms with van der Waals surface area (Å²) in [4.78, 5) is 13.2. The second kappa shape index (κ2) is 9.11. The summed E-state index contributed by atoms with van der Waals surface area (Å²) in [5.41, 5.74) is 2.54. The maximum Gasteiger partial charge on any atom is 0.317 e. The molecule has 0 aliphatic heterocycles. The predicted octanol–water partition coefficient (Wildman–Crippen LogP) is 6.17. The summed E-state index contributed by atoms with van der Waals surface area (Å²) in [6, 6.07) is 10.6. The van der Waals surface area contributed by atoms with E-state index in [-0.39, 0.29) is 28.3 Å². The molecule has 4 nitrogen and oxygen atoms in total. The minimum absolute atomic E-state index is 0.213. The van der Waals surface area contributed by atoms with E-state index in [1.165, 1.54) is 0 Å². The molecule has 30 heavy (non-hydrogen) atoms. The third-order valence-corrected chi connectivity index (χ3v) is 5.30. The van der Waals surface area contributed by atoms with Crippen LogP contribution >= 0.6 is 0 Å². The molecule has 2 N–H and O–H groups in total. The predicted molar refractivity (Wildman–Crippen MR) is 121 cm³/mol. The SMILES string of the molecule is CCCCOC(=O)C(c1ccc(O)c(C(C)(C)C)c1)c1ccc(O)c(C(C)(C)C)c1. The Kier molecular flexibility index (Phi) is 7.23. The largest absolute Gasteiger partial charge is 0.508 e. The number of phenolic OH excluding ortho intramolecular Hbond substituents is 2. The molecule has 0 aliphatic rings. The van der Waals surface area contributed by atoms with Gasteiger partial charge in [-0.05, 0) is 51.6 Å². The number of unbranched alkanes of at least 4 members (excludes halogenated alkanes) is 1. The molecule has 0 aromatic heterocycles. The Labute approximate surface area is 180 Å². The molecule has 0 amide bonds. The smallest absolute Gasteiger partial charge is 0.317 e. The van der Waals surface area contributed by atoms with Crippen LogP contribution in [0, 0.1) is 0 Å². The molecule has 0 heterocycles. The van der Waals surface area contributed by atoms with Crippen LogP contribution in [0.25, 0.3) is 0 Å². The van der Waals surface area contributed by atoms with Gasteiger partial charge in [-0.25, -0.2) is 0 Å². The third kappa shape index (κ3) is 5.56. The zero-order valence-corrected chi connectivity index (χ0v) is 19.4. The van der Waals surface area contributed by atoms with Gasteiger partial charge in [-0.3, -0.25) is 4.79 Å². The minimum Gasteiger partial charge on any atom is -0.508 e. The zero-order chi connectivity index (χ0) is 22.7. The lowest BCUT2D eigenvalue weighted by atomic mass is 9.80. The maximum absolute atomic E-state index is 13.2. The molecular weight excluding hydrogens is 376 g/mol. The van der Waals surface area contributed by atoms with Crippen molar-refractivity contribution >= 4 is 5.97 Å². The Morgan fingerprint density at radius 1 is 0.867 bits per heavy atom. The molecule has 0 spiro atoms. The average molecular weight is 413 g/mol. The second-order valence-corrected chi connectivity index (χ2v) is 10.0. The van der Waals surface area contributed by atoms with Crippen molar-refractivity contribution in [3.05, 3.63) is 58.7 Å². The van der Waals surface area contributed by atoms with Crippen LogP contribution in [0.2, 0.25) is 0 Å². The Morgan fingerprint density at radius 3 is 1.67 bits per heavy atom. The van der Waals surface area contributed by atoms with E-state index < -0.39 is 5.92 Å². The van der Waals surface area contributed by atoms with E-state index in [2.05, 4.69) is 6.92 Å². The Bertz CT molecular complexity index is 821. The molecule has 0 fully saturated rings. The maximum atomic E-state index is 13.2. The lowest BCUT2D eigenvalue weighted by Gasteiger charge is -2.25. The number of phenols is 2. The molecule has 4 heteroatoms. The summed E-state index contributed by atoms with van der Waals surface area (Å²) < 4.78 is 5.60. The molecule has 2 rings (SSSR count). The van der Waals surface area contributed by atoms with Gasteiger partial charge in [0.05, 0.1) is 6.61 Å². The number of ether oxygens (including phenoxy) is 1. The van der Waals surface area contributed by atoms with Crippen molar-refractivity contribution in [3.63, 3.8) is 0 Å². The van der Waals surface area contributed by atoms with E-state index in [0.29, 0.717) is 6.61 Å². The van der Waals surface area contributed by atoms with E-state index in [1.807, 2.05) is 53.7 Å². The molecule has 0 atom stereocenters. The van der Waals surface area contributed by atoms with Crippen LogP contribution in [0.1, 0.15) is 89.5 Å². The number of carbonyl (C=O) groups is 1. The summed E-state index contributed by atoms with van der Waals surface area (Å²) in [6.45, 7) is 14.6. The van der Waals surface area contributed by atoms with Crippen LogP contribution in [0.5, 0.6) is 11.5 Å². The van der Waals surface area contributed by atoms with Crippen LogP contribution in [-0.2, 0) is 20.4 Å². The highest BCUT2D eigenvalue weighted by molar-refractivity contribution is 5.82. The number of benzene rings is 2. The van der Waals surface area contributed by atoms with Gasteiger partial charge in [0.25, 0.3) is 0 Å². The summed E-state index contributed by atoms with van der Waals surface area (Å²) in [5, 5.41) is 20.7. The quantitative estimate of drug-likeness (QED) is 0.440. The average Bonchev–Trinajstić information content (AvgIpc) is 2.63. The first-order chi connectivity index (χ1) is 13.9. The normalized spacial score (nSPS) is 12.3. The first-order valence-electron chi connectivity index (χ1n) is 10.7. The van der Waals surface area contributed by atoms with Crippen LogP contribution in [-0.4, -0.2) is 22.8 Å². The van der Waals surface area contributed by atoms with E-state index in [0.717, 1.165) is 35.1 Å². The number of hydrogen-bond donors (Lipinski definition) is 2. The van der Waals surface area contributed by atoms with Crippen LogP contribution in [0.15, 0.2) is 36.4 Å². The van der Waals surface area contributed by atoms with Gasteiger partial charge in [-0.1, -0.05) is 79.2 Å². The van der Waals surface area contributed by atoms with Crippen LogP contribution < -0.4 is 0 Å². The lowest BCUT2D eigenvalue weighted by molar-refractivity contribution is -0.144. The van der Waals surface area contributed by atoms with E-state index in [1.54, 1.807) is 24.3 Å². The third-order valence-electron chi connectivity index (χ3n) is 5.30. The molecule has 164 valence electrons. The van der Waals surface area contributed by atoms with Crippen molar-refractivity contribution in [2.24, 2.45) is 0 Å². The van der Waals surface area contributed by atoms with Gasteiger partial charge < -0.3 is 14.9 Å². The van der Waals surface area contributed by atoms with Crippen molar-refractivity contribution in [2.75, 3.05) is 6.61 Å². The summed E-state index contributed by atoms with van der Waals surface area (Å²) in [5.74, 6) is -0.527. The molecular formula is C26H36O4. The Hall–Kier alpha value is -2.49. The number of aromatic hydroxyl groups is 2. The van der Waals surface area contributed by atoms with Gasteiger partial charge in [0.15, 0.2) is 0 Å². The zero-order valence-electron chi connectivity index (χ0n) is 19.4. The highest BCUT2D eigenvalue weighted by Crippen LogP contribution is 2.38. The van der Waals surface area contributed by atoms with Crippen LogP contribution in [0.4, 0.5) is 0 Å².